The third-order valence-electron chi connectivity index (χ3n) is 8.50. The maximum Gasteiger partial charge on any atom is 0.404 e. The Morgan fingerprint density at radius 1 is 0.951 bits per heavy atom. The lowest BCUT2D eigenvalue weighted by molar-refractivity contribution is -0.179. The van der Waals surface area contributed by atoms with Crippen LogP contribution in [0.4, 0.5) is 4.79 Å². The van der Waals surface area contributed by atoms with Gasteiger partial charge in [-0.1, -0.05) is 84.9 Å². The van der Waals surface area contributed by atoms with Crippen LogP contribution in [0.2, 0.25) is 0 Å². The largest absolute Gasteiger partial charge is 0.462 e. The van der Waals surface area contributed by atoms with E-state index >= 15 is 0 Å². The monoisotopic (exact) mass is 581 g/mol. The number of amides is 1. The Morgan fingerprint density at radius 2 is 1.54 bits per heavy atom. The average Bonchev–Trinajstić information content (AvgIpc) is 2.93. The third kappa shape index (κ3) is 11.5. The molecule has 0 aliphatic carbocycles. The van der Waals surface area contributed by atoms with Crippen molar-refractivity contribution >= 4 is 12.1 Å². The van der Waals surface area contributed by atoms with E-state index in [2.05, 4.69) is 0 Å². The molecule has 0 aromatic rings. The van der Waals surface area contributed by atoms with Gasteiger partial charge >= 0.3 is 12.1 Å². The maximum absolute atomic E-state index is 11.9. The standard InChI is InChI=1S/C32H55NO8/c1-9-10-12-21(5)30(41-32(33)39)23(7)28(36)19(3)14-11-13-18(2)27(35)20(4)15-16-25(34)17-26-22(6)29(37)24(8)31(38)40-26/h10-13,15-16,18-30,34-37H,9,14,17H2,1-8H3,(H2,33,39)/b12-10-,13-11-,16-15-/t18-,19-,20-,21-,22-,23-,24+,25+,26-,27+,28+,29-,30-/m0/s1. The molecule has 1 amide bonds. The second-order valence-corrected chi connectivity index (χ2v) is 12.1. The van der Waals surface area contributed by atoms with E-state index in [0.29, 0.717) is 6.42 Å². The van der Waals surface area contributed by atoms with Gasteiger partial charge in [-0.3, -0.25) is 4.79 Å². The van der Waals surface area contributed by atoms with Gasteiger partial charge < -0.3 is 35.6 Å². The number of esters is 1. The molecule has 1 rings (SSSR count). The number of cyclic esters (lactones) is 1. The Bertz CT molecular complexity index is 889. The predicted molar refractivity (Wildman–Crippen MR) is 159 cm³/mol. The molecule has 1 saturated heterocycles. The highest BCUT2D eigenvalue weighted by atomic mass is 16.6. The Labute approximate surface area is 246 Å². The molecule has 41 heavy (non-hydrogen) atoms. The molecule has 1 heterocycles. The lowest BCUT2D eigenvalue weighted by Gasteiger charge is -2.36. The van der Waals surface area contributed by atoms with Gasteiger partial charge in [0, 0.05) is 36.0 Å². The smallest absolute Gasteiger partial charge is 0.404 e. The second-order valence-electron chi connectivity index (χ2n) is 12.1. The predicted octanol–water partition coefficient (Wildman–Crippen LogP) is 4.13. The molecule has 9 nitrogen and oxygen atoms in total. The number of primary amides is 1. The fourth-order valence-electron chi connectivity index (χ4n) is 5.42. The van der Waals surface area contributed by atoms with Crippen molar-refractivity contribution in [2.45, 2.75) is 111 Å². The van der Waals surface area contributed by atoms with Gasteiger partial charge in [0.05, 0.1) is 30.3 Å². The molecule has 0 bridgehead atoms. The van der Waals surface area contributed by atoms with E-state index in [1.54, 1.807) is 26.0 Å². The first kappa shape index (κ1) is 36.8. The summed E-state index contributed by atoms with van der Waals surface area (Å²) in [6, 6.07) is 0. The fraction of sp³-hybridized carbons (Fsp3) is 0.750. The minimum Gasteiger partial charge on any atom is -0.462 e. The van der Waals surface area contributed by atoms with Crippen molar-refractivity contribution in [3.8, 4) is 0 Å². The van der Waals surface area contributed by atoms with Crippen molar-refractivity contribution in [3.63, 3.8) is 0 Å². The molecule has 0 radical (unpaired) electrons. The fourth-order valence-corrected chi connectivity index (χ4v) is 5.42. The van der Waals surface area contributed by atoms with Gasteiger partial charge in [0.1, 0.15) is 12.2 Å². The van der Waals surface area contributed by atoms with Gasteiger partial charge in [-0.2, -0.15) is 0 Å². The highest BCUT2D eigenvalue weighted by Crippen LogP contribution is 2.30. The highest BCUT2D eigenvalue weighted by molar-refractivity contribution is 5.73. The van der Waals surface area contributed by atoms with Crippen LogP contribution in [0.25, 0.3) is 0 Å². The minimum atomic E-state index is -0.886. The van der Waals surface area contributed by atoms with E-state index in [-0.39, 0.29) is 41.9 Å². The Hall–Kier alpha value is -2.20. The van der Waals surface area contributed by atoms with E-state index in [9.17, 15) is 30.0 Å². The molecule has 1 aliphatic rings. The molecule has 13 atom stereocenters. The van der Waals surface area contributed by atoms with Crippen LogP contribution in [-0.2, 0) is 14.3 Å². The zero-order valence-corrected chi connectivity index (χ0v) is 26.1. The zero-order valence-electron chi connectivity index (χ0n) is 26.1. The molecule has 0 aromatic carbocycles. The normalized spacial score (nSPS) is 28.5. The molecular weight excluding hydrogens is 526 g/mol. The molecule has 0 spiro atoms. The third-order valence-corrected chi connectivity index (χ3v) is 8.50. The Kier molecular flexibility index (Phi) is 15.9. The molecule has 0 unspecified atom stereocenters. The van der Waals surface area contributed by atoms with Crippen LogP contribution in [0, 0.1) is 41.4 Å². The minimum absolute atomic E-state index is 0.102. The summed E-state index contributed by atoms with van der Waals surface area (Å²) >= 11 is 0. The van der Waals surface area contributed by atoms with E-state index < -0.39 is 54.6 Å². The Morgan fingerprint density at radius 3 is 2.12 bits per heavy atom. The molecule has 236 valence electrons. The number of aliphatic hydroxyl groups is 4. The van der Waals surface area contributed by atoms with Gasteiger partial charge in [-0.25, -0.2) is 4.79 Å². The van der Waals surface area contributed by atoms with Gasteiger partial charge in [0.25, 0.3) is 0 Å². The zero-order chi connectivity index (χ0) is 31.4. The van der Waals surface area contributed by atoms with Crippen LogP contribution in [-0.4, -0.2) is 69.1 Å². The number of ether oxygens (including phenoxy) is 2. The van der Waals surface area contributed by atoms with Gasteiger partial charge in [0.2, 0.25) is 0 Å². The topological polar surface area (TPSA) is 160 Å². The van der Waals surface area contributed by atoms with Crippen molar-refractivity contribution < 1.29 is 39.5 Å². The summed E-state index contributed by atoms with van der Waals surface area (Å²) in [7, 11) is 0. The lowest BCUT2D eigenvalue weighted by atomic mass is 9.82. The lowest BCUT2D eigenvalue weighted by Crippen LogP contribution is -2.47. The molecule has 9 heteroatoms. The van der Waals surface area contributed by atoms with Crippen LogP contribution < -0.4 is 5.73 Å². The average molecular weight is 582 g/mol. The first-order valence-electron chi connectivity index (χ1n) is 15.0. The van der Waals surface area contributed by atoms with E-state index in [1.165, 1.54) is 0 Å². The quantitative estimate of drug-likeness (QED) is 0.134. The van der Waals surface area contributed by atoms with Crippen LogP contribution >= 0.6 is 0 Å². The SMILES string of the molecule is CC/C=C\[C@H](C)[C@H](OC(N)=O)[C@@H](C)[C@H](O)[C@@H](C)C/C=C\[C@H](C)[C@@H](O)[C@@H](C)/C=C\[C@@H](O)C[C@@H]1OC(=O)[C@H](C)[C@@H](O)[C@H]1C. The van der Waals surface area contributed by atoms with Crippen molar-refractivity contribution in [2.75, 3.05) is 0 Å². The summed E-state index contributed by atoms with van der Waals surface area (Å²) < 4.78 is 10.8. The summed E-state index contributed by atoms with van der Waals surface area (Å²) in [5.74, 6) is -2.35. The van der Waals surface area contributed by atoms with E-state index in [0.717, 1.165) is 6.42 Å². The van der Waals surface area contributed by atoms with Crippen LogP contribution in [0.15, 0.2) is 36.5 Å². The second kappa shape index (κ2) is 17.7. The highest BCUT2D eigenvalue weighted by Gasteiger charge is 2.41. The number of carbonyl (C=O) groups excluding carboxylic acids is 2. The summed E-state index contributed by atoms with van der Waals surface area (Å²) in [6.45, 7) is 14.9. The number of hydrogen-bond donors (Lipinski definition) is 5. The maximum atomic E-state index is 11.9. The van der Waals surface area contributed by atoms with Crippen molar-refractivity contribution in [3.05, 3.63) is 36.5 Å². The number of aliphatic hydroxyl groups excluding tert-OH is 4. The first-order chi connectivity index (χ1) is 19.1. The van der Waals surface area contributed by atoms with Gasteiger partial charge in [0.15, 0.2) is 0 Å². The number of hydrogen-bond acceptors (Lipinski definition) is 8. The van der Waals surface area contributed by atoms with Crippen molar-refractivity contribution in [1.29, 1.82) is 0 Å². The molecular formula is C32H55NO8. The first-order valence-corrected chi connectivity index (χ1v) is 15.0. The van der Waals surface area contributed by atoms with Crippen LogP contribution in [0.1, 0.15) is 74.7 Å². The molecule has 1 aliphatic heterocycles. The molecule has 1 fully saturated rings. The summed E-state index contributed by atoms with van der Waals surface area (Å²) in [5.41, 5.74) is 5.29. The van der Waals surface area contributed by atoms with E-state index in [4.69, 9.17) is 15.2 Å². The Balaban J connectivity index is 2.66. The molecule has 0 saturated carbocycles. The van der Waals surface area contributed by atoms with Gasteiger partial charge in [-0.15, -0.1) is 0 Å². The summed E-state index contributed by atoms with van der Waals surface area (Å²) in [5, 5.41) is 42.5. The number of carbonyl (C=O) groups is 2. The molecule has 0 aromatic heterocycles. The summed E-state index contributed by atoms with van der Waals surface area (Å²) in [6.07, 6.45) is 7.61. The molecule has 6 N–H and O–H groups in total. The number of nitrogens with two attached hydrogens (primary N) is 1. The van der Waals surface area contributed by atoms with Gasteiger partial charge in [-0.05, 0) is 25.7 Å². The number of allylic oxidation sites excluding steroid dienone is 2. The number of rotatable bonds is 16. The van der Waals surface area contributed by atoms with Crippen LogP contribution in [0.3, 0.4) is 0 Å². The van der Waals surface area contributed by atoms with Crippen molar-refractivity contribution in [1.82, 2.24) is 0 Å². The summed E-state index contributed by atoms with van der Waals surface area (Å²) in [4.78, 5) is 23.4. The van der Waals surface area contributed by atoms with Crippen LogP contribution in [0.5, 0.6) is 0 Å². The van der Waals surface area contributed by atoms with Crippen molar-refractivity contribution in [2.24, 2.45) is 47.2 Å². The van der Waals surface area contributed by atoms with E-state index in [1.807, 2.05) is 65.8 Å².